The van der Waals surface area contributed by atoms with Crippen LogP contribution in [-0.2, 0) is 4.74 Å². The molecule has 0 unspecified atom stereocenters. The topological polar surface area (TPSA) is 41.8 Å². The van der Waals surface area contributed by atoms with E-state index in [1.165, 1.54) is 33.3 Å². The summed E-state index contributed by atoms with van der Waals surface area (Å²) in [6, 6.07) is 16.9. The molecule has 0 N–H and O–H groups in total. The van der Waals surface area contributed by atoms with Gasteiger partial charge in [-0.25, -0.2) is 9.37 Å². The van der Waals surface area contributed by atoms with Gasteiger partial charge in [0, 0.05) is 59.6 Å². The molecule has 0 radical (unpaired) electrons. The third-order valence-corrected chi connectivity index (χ3v) is 10.6. The van der Waals surface area contributed by atoms with Gasteiger partial charge in [-0.2, -0.15) is 0 Å². The van der Waals surface area contributed by atoms with Crippen LogP contribution in [-0.4, -0.2) is 36.7 Å². The minimum atomic E-state index is -0.282. The average molecular weight is 632 g/mol. The molecule has 0 spiro atoms. The second-order valence-electron chi connectivity index (χ2n) is 14.5. The first kappa shape index (κ1) is 32.8. The standard InChI is InChI=1S/C42H51N2O3/c1-11-28(12-2)25-46-40(45)30-18-16-15-17-29(30)39-33-19-31-26(5)23-41(7,8)43(13-3)35(31)21-37(33)47-38-22-36-32(20-34(38)39)27(6)24-42(9,10)44(36)14-4/h15-24,28H,11-14,25H2,1-10H3/q+1. The van der Waals surface area contributed by atoms with Gasteiger partial charge in [0.05, 0.1) is 23.8 Å². The van der Waals surface area contributed by atoms with Crippen LogP contribution in [0.1, 0.15) is 115 Å². The van der Waals surface area contributed by atoms with Gasteiger partial charge in [-0.3, -0.25) is 0 Å². The van der Waals surface area contributed by atoms with Crippen molar-refractivity contribution >= 4 is 28.4 Å². The Morgan fingerprint density at radius 2 is 1.55 bits per heavy atom. The number of rotatable bonds is 8. The lowest BCUT2D eigenvalue weighted by molar-refractivity contribution is 0.0433. The first-order chi connectivity index (χ1) is 22.3. The molecule has 0 amide bonds. The summed E-state index contributed by atoms with van der Waals surface area (Å²) in [6.45, 7) is 24.4. The Labute approximate surface area is 280 Å². The van der Waals surface area contributed by atoms with E-state index >= 15 is 0 Å². The van der Waals surface area contributed by atoms with Crippen molar-refractivity contribution in [3.8, 4) is 11.5 Å². The summed E-state index contributed by atoms with van der Waals surface area (Å²) in [6.07, 6.45) is 6.68. The number of anilines is 1. The lowest BCUT2D eigenvalue weighted by Crippen LogP contribution is -2.49. The van der Waals surface area contributed by atoms with Crippen LogP contribution in [0.2, 0.25) is 0 Å². The van der Waals surface area contributed by atoms with Crippen LogP contribution < -0.4 is 24.8 Å². The summed E-state index contributed by atoms with van der Waals surface area (Å²) in [7, 11) is 0. The molecule has 246 valence electrons. The van der Waals surface area contributed by atoms with E-state index in [0.29, 0.717) is 18.1 Å². The third-order valence-electron chi connectivity index (χ3n) is 10.6. The normalized spacial score (nSPS) is 17.2. The summed E-state index contributed by atoms with van der Waals surface area (Å²) in [5, 5.41) is 2.16. The molecule has 3 aromatic carbocycles. The minimum Gasteiger partial charge on any atom is -0.462 e. The molecule has 0 saturated carbocycles. The molecule has 0 fully saturated rings. The number of ether oxygens (including phenoxy) is 2. The van der Waals surface area contributed by atoms with Crippen molar-refractivity contribution in [1.29, 1.82) is 0 Å². The van der Waals surface area contributed by atoms with E-state index in [4.69, 9.17) is 9.47 Å². The highest BCUT2D eigenvalue weighted by atomic mass is 16.5. The van der Waals surface area contributed by atoms with Gasteiger partial charge in [-0.05, 0) is 88.4 Å². The van der Waals surface area contributed by atoms with Crippen LogP contribution in [0.5, 0.6) is 11.5 Å². The van der Waals surface area contributed by atoms with E-state index in [0.717, 1.165) is 59.3 Å². The largest absolute Gasteiger partial charge is 0.462 e. The number of fused-ring (bicyclic) bond motifs is 4. The van der Waals surface area contributed by atoms with Crippen LogP contribution in [0.3, 0.4) is 0 Å². The van der Waals surface area contributed by atoms with Gasteiger partial charge < -0.3 is 14.4 Å². The Kier molecular flexibility index (Phi) is 8.48. The number of benzene rings is 3. The van der Waals surface area contributed by atoms with Gasteiger partial charge in [0.1, 0.15) is 18.0 Å². The van der Waals surface area contributed by atoms with Crippen molar-refractivity contribution in [2.24, 2.45) is 5.92 Å². The van der Waals surface area contributed by atoms with Crippen molar-refractivity contribution in [3.63, 3.8) is 0 Å². The van der Waals surface area contributed by atoms with Gasteiger partial charge in [-0.1, -0.05) is 51.0 Å². The van der Waals surface area contributed by atoms with E-state index in [9.17, 15) is 4.79 Å². The van der Waals surface area contributed by atoms with Crippen LogP contribution >= 0.6 is 0 Å². The molecule has 5 heteroatoms. The quantitative estimate of drug-likeness (QED) is 0.145. The summed E-state index contributed by atoms with van der Waals surface area (Å²) in [5.41, 5.74) is 9.22. The molecule has 0 atom stereocenters. The van der Waals surface area contributed by atoms with Crippen LogP contribution in [0.25, 0.3) is 16.7 Å². The fourth-order valence-corrected chi connectivity index (χ4v) is 8.15. The van der Waals surface area contributed by atoms with Crippen molar-refractivity contribution < 1.29 is 14.3 Å². The van der Waals surface area contributed by atoms with E-state index in [1.54, 1.807) is 0 Å². The van der Waals surface area contributed by atoms with Gasteiger partial charge in [-0.15, -0.1) is 0 Å². The molecule has 0 saturated heterocycles. The maximum atomic E-state index is 13.8. The lowest BCUT2D eigenvalue weighted by Gasteiger charge is -2.43. The first-order valence-corrected chi connectivity index (χ1v) is 17.5. The predicted octanol–water partition coefficient (Wildman–Crippen LogP) is 8.36. The van der Waals surface area contributed by atoms with Gasteiger partial charge in [0.15, 0.2) is 5.54 Å². The lowest BCUT2D eigenvalue weighted by atomic mass is 9.83. The smallest absolute Gasteiger partial charge is 0.338 e. The summed E-state index contributed by atoms with van der Waals surface area (Å²) < 4.78 is 15.4. The molecule has 3 aliphatic rings. The number of hydrogen-bond acceptors (Lipinski definition) is 4. The maximum Gasteiger partial charge on any atom is 0.338 e. The number of carbonyl (C=O) groups excluding carboxylic acids is 1. The molecular weight excluding hydrogens is 580 g/mol. The molecule has 0 aromatic heterocycles. The van der Waals surface area contributed by atoms with Gasteiger partial charge in [0.25, 0.3) is 0 Å². The maximum absolute atomic E-state index is 13.8. The number of carbonyl (C=O) groups is 1. The average Bonchev–Trinajstić information content (AvgIpc) is 3.02. The summed E-state index contributed by atoms with van der Waals surface area (Å²) in [4.78, 5) is 16.3. The molecule has 6 rings (SSSR count). The van der Waals surface area contributed by atoms with Crippen LogP contribution in [0.4, 0.5) is 5.69 Å². The van der Waals surface area contributed by atoms with Crippen molar-refractivity contribution in [2.75, 3.05) is 24.6 Å². The van der Waals surface area contributed by atoms with E-state index in [-0.39, 0.29) is 17.0 Å². The highest BCUT2D eigenvalue weighted by molar-refractivity contribution is 6.00. The van der Waals surface area contributed by atoms with Crippen molar-refractivity contribution in [1.82, 2.24) is 4.58 Å². The highest BCUT2D eigenvalue weighted by Crippen LogP contribution is 2.46. The fraction of sp³-hybridized carbons (Fsp3) is 0.429. The Bertz CT molecular complexity index is 1960. The molecule has 3 heterocycles. The molecule has 3 aromatic rings. The summed E-state index contributed by atoms with van der Waals surface area (Å²) in [5.74, 6) is 1.68. The van der Waals surface area contributed by atoms with Gasteiger partial charge >= 0.3 is 5.97 Å². The number of hydrogen-bond donors (Lipinski definition) is 0. The molecule has 0 aliphatic carbocycles. The monoisotopic (exact) mass is 631 g/mol. The SMILES string of the molecule is CCC(CC)COC(=O)c1ccccc1C1=c2cc3c(cc2Oc2cc4c(cc21)C(C)=CC(C)(C)N4CC)=[N+](CC)C(C)(C)C=C3C. The second-order valence-corrected chi connectivity index (χ2v) is 14.5. The molecule has 5 nitrogen and oxygen atoms in total. The number of nitrogens with zero attached hydrogens (tertiary/aromatic N) is 2. The van der Waals surface area contributed by atoms with E-state index in [1.807, 2.05) is 18.2 Å². The Morgan fingerprint density at radius 1 is 0.851 bits per heavy atom. The number of likely N-dealkylation sites (N-methyl/N-ethyl adjacent to an activating group) is 2. The van der Waals surface area contributed by atoms with Gasteiger partial charge in [0.2, 0.25) is 5.36 Å². The zero-order chi connectivity index (χ0) is 33.8. The zero-order valence-corrected chi connectivity index (χ0v) is 30.0. The first-order valence-electron chi connectivity index (χ1n) is 17.5. The Morgan fingerprint density at radius 3 is 2.23 bits per heavy atom. The molecular formula is C42H51N2O3+. The predicted molar refractivity (Wildman–Crippen MR) is 195 cm³/mol. The highest BCUT2D eigenvalue weighted by Gasteiger charge is 2.36. The fourth-order valence-electron chi connectivity index (χ4n) is 8.15. The molecule has 47 heavy (non-hydrogen) atoms. The minimum absolute atomic E-state index is 0.124. The van der Waals surface area contributed by atoms with Crippen LogP contribution in [0.15, 0.2) is 60.7 Å². The van der Waals surface area contributed by atoms with E-state index in [2.05, 4.69) is 121 Å². The molecule has 0 bridgehead atoms. The Hall–Kier alpha value is -4.12. The summed E-state index contributed by atoms with van der Waals surface area (Å²) >= 11 is 0. The molecule has 3 aliphatic heterocycles. The van der Waals surface area contributed by atoms with Crippen LogP contribution in [0, 0.1) is 5.92 Å². The Balaban J connectivity index is 1.68. The second kappa shape index (κ2) is 12.2. The number of allylic oxidation sites excluding steroid dienone is 2. The third kappa shape index (κ3) is 5.52. The van der Waals surface area contributed by atoms with Crippen molar-refractivity contribution in [2.45, 2.75) is 93.2 Å². The van der Waals surface area contributed by atoms with E-state index < -0.39 is 0 Å². The number of esters is 1. The van der Waals surface area contributed by atoms with Crippen molar-refractivity contribution in [3.05, 3.63) is 99.1 Å². The zero-order valence-electron chi connectivity index (χ0n) is 30.0.